The Morgan fingerprint density at radius 3 is 2.59 bits per heavy atom. The molecule has 0 aliphatic heterocycles. The van der Waals surface area contributed by atoms with Crippen molar-refractivity contribution >= 4 is 5.91 Å². The second-order valence-corrected chi connectivity index (χ2v) is 5.91. The van der Waals surface area contributed by atoms with Crippen LogP contribution in [0.5, 0.6) is 0 Å². The highest BCUT2D eigenvalue weighted by Crippen LogP contribution is 2.25. The van der Waals surface area contributed by atoms with E-state index in [9.17, 15) is 9.18 Å². The van der Waals surface area contributed by atoms with Gasteiger partial charge in [0.05, 0.1) is 11.6 Å². The molecule has 0 bridgehead atoms. The molecule has 1 aliphatic rings. The Bertz CT molecular complexity index is 696. The van der Waals surface area contributed by atoms with Crippen molar-refractivity contribution in [3.63, 3.8) is 0 Å². The summed E-state index contributed by atoms with van der Waals surface area (Å²) in [5.41, 5.74) is 3.97. The number of fused-ring (bicyclic) bond motifs is 1. The normalized spacial score (nSPS) is 15.0. The first-order chi connectivity index (χ1) is 10.6. The van der Waals surface area contributed by atoms with Gasteiger partial charge in [0.25, 0.3) is 5.91 Å². The maximum atomic E-state index is 13.7. The van der Waals surface area contributed by atoms with Crippen LogP contribution in [-0.4, -0.2) is 5.91 Å². The molecule has 0 heterocycles. The Hall–Kier alpha value is -2.16. The Kier molecular flexibility index (Phi) is 4.23. The fourth-order valence-corrected chi connectivity index (χ4v) is 3.03. The highest BCUT2D eigenvalue weighted by Gasteiger charge is 2.16. The predicted molar refractivity (Wildman–Crippen MR) is 85.4 cm³/mol. The summed E-state index contributed by atoms with van der Waals surface area (Å²) >= 11 is 0. The average molecular weight is 297 g/mol. The molecule has 0 aromatic heterocycles. The second-order valence-electron chi connectivity index (χ2n) is 5.91. The predicted octanol–water partition coefficient (Wildman–Crippen LogP) is 4.20. The van der Waals surface area contributed by atoms with Gasteiger partial charge < -0.3 is 5.32 Å². The second kappa shape index (κ2) is 6.30. The topological polar surface area (TPSA) is 29.1 Å². The van der Waals surface area contributed by atoms with Crippen molar-refractivity contribution < 1.29 is 9.18 Å². The summed E-state index contributed by atoms with van der Waals surface area (Å²) in [5, 5.41) is 2.88. The van der Waals surface area contributed by atoms with Gasteiger partial charge in [-0.15, -0.1) is 0 Å². The van der Waals surface area contributed by atoms with E-state index in [4.69, 9.17) is 0 Å². The van der Waals surface area contributed by atoms with Crippen LogP contribution in [-0.2, 0) is 12.8 Å². The Labute approximate surface area is 130 Å². The molecule has 22 heavy (non-hydrogen) atoms. The van der Waals surface area contributed by atoms with Crippen molar-refractivity contribution in [2.75, 3.05) is 0 Å². The van der Waals surface area contributed by atoms with Gasteiger partial charge >= 0.3 is 0 Å². The lowest BCUT2D eigenvalue weighted by molar-refractivity contribution is 0.0936. The zero-order valence-electron chi connectivity index (χ0n) is 12.7. The number of rotatable bonds is 3. The standard InChI is InChI=1S/C19H20FNO/c1-13(21-19(22)17-8-4-5-9-18(17)20)15-11-10-14-6-2-3-7-16(14)12-15/h4-5,8-13H,2-3,6-7H2,1H3,(H,21,22)/t13-/m0/s1. The summed E-state index contributed by atoms with van der Waals surface area (Å²) in [6.07, 6.45) is 4.74. The minimum atomic E-state index is -0.488. The van der Waals surface area contributed by atoms with Gasteiger partial charge in [-0.1, -0.05) is 30.3 Å². The summed E-state index contributed by atoms with van der Waals surface area (Å²) in [6, 6.07) is 12.3. The van der Waals surface area contributed by atoms with E-state index in [-0.39, 0.29) is 17.5 Å². The SMILES string of the molecule is C[C@H](NC(=O)c1ccccc1F)c1ccc2c(c1)CCCC2. The lowest BCUT2D eigenvalue weighted by atomic mass is 9.89. The molecule has 114 valence electrons. The molecule has 1 N–H and O–H groups in total. The molecule has 0 saturated heterocycles. The van der Waals surface area contributed by atoms with Gasteiger partial charge in [0.1, 0.15) is 5.82 Å². The van der Waals surface area contributed by atoms with Crippen LogP contribution in [0.2, 0.25) is 0 Å². The van der Waals surface area contributed by atoms with Gasteiger partial charge in [-0.05, 0) is 61.4 Å². The first-order valence-corrected chi connectivity index (χ1v) is 7.82. The van der Waals surface area contributed by atoms with Crippen LogP contribution < -0.4 is 5.32 Å². The van der Waals surface area contributed by atoms with E-state index >= 15 is 0 Å². The van der Waals surface area contributed by atoms with E-state index in [0.717, 1.165) is 18.4 Å². The van der Waals surface area contributed by atoms with Crippen molar-refractivity contribution in [3.05, 3.63) is 70.5 Å². The Morgan fingerprint density at radius 1 is 1.09 bits per heavy atom. The molecular formula is C19H20FNO. The molecule has 0 radical (unpaired) electrons. The number of halogens is 1. The minimum Gasteiger partial charge on any atom is -0.345 e. The molecule has 0 saturated carbocycles. The van der Waals surface area contributed by atoms with Gasteiger partial charge in [0.2, 0.25) is 0 Å². The summed E-state index contributed by atoms with van der Waals surface area (Å²) in [6.45, 7) is 1.93. The number of carbonyl (C=O) groups is 1. The first kappa shape index (κ1) is 14.8. The van der Waals surface area contributed by atoms with Crippen molar-refractivity contribution in [3.8, 4) is 0 Å². The molecule has 0 spiro atoms. The van der Waals surface area contributed by atoms with Crippen LogP contribution in [0.1, 0.15) is 52.9 Å². The number of benzene rings is 2. The quantitative estimate of drug-likeness (QED) is 0.904. The third kappa shape index (κ3) is 3.03. The van der Waals surface area contributed by atoms with Crippen LogP contribution in [0.15, 0.2) is 42.5 Å². The van der Waals surface area contributed by atoms with E-state index < -0.39 is 5.82 Å². The fraction of sp³-hybridized carbons (Fsp3) is 0.316. The molecule has 1 aliphatic carbocycles. The van der Waals surface area contributed by atoms with Crippen LogP contribution in [0.4, 0.5) is 4.39 Å². The number of amides is 1. The van der Waals surface area contributed by atoms with Crippen molar-refractivity contribution in [1.82, 2.24) is 5.32 Å². The number of hydrogen-bond donors (Lipinski definition) is 1. The fourth-order valence-electron chi connectivity index (χ4n) is 3.03. The van der Waals surface area contributed by atoms with Gasteiger partial charge in [0, 0.05) is 0 Å². The summed E-state index contributed by atoms with van der Waals surface area (Å²) < 4.78 is 13.7. The van der Waals surface area contributed by atoms with Crippen LogP contribution in [0.25, 0.3) is 0 Å². The Morgan fingerprint density at radius 2 is 1.82 bits per heavy atom. The molecule has 1 atom stereocenters. The Balaban J connectivity index is 1.76. The van der Waals surface area contributed by atoms with Crippen LogP contribution in [0, 0.1) is 5.82 Å². The van der Waals surface area contributed by atoms with E-state index in [1.807, 2.05) is 6.92 Å². The summed E-state index contributed by atoms with van der Waals surface area (Å²) in [4.78, 5) is 12.2. The lowest BCUT2D eigenvalue weighted by Crippen LogP contribution is -2.27. The zero-order valence-corrected chi connectivity index (χ0v) is 12.7. The molecule has 2 aromatic rings. The molecule has 2 aromatic carbocycles. The maximum Gasteiger partial charge on any atom is 0.254 e. The van der Waals surface area contributed by atoms with Crippen LogP contribution >= 0.6 is 0 Å². The molecule has 1 amide bonds. The van der Waals surface area contributed by atoms with Crippen molar-refractivity contribution in [1.29, 1.82) is 0 Å². The average Bonchev–Trinajstić information content (AvgIpc) is 2.54. The van der Waals surface area contributed by atoms with E-state index in [1.165, 1.54) is 36.1 Å². The molecule has 3 rings (SSSR count). The molecule has 3 heteroatoms. The van der Waals surface area contributed by atoms with Crippen molar-refractivity contribution in [2.45, 2.75) is 38.6 Å². The highest BCUT2D eigenvalue weighted by molar-refractivity contribution is 5.94. The minimum absolute atomic E-state index is 0.0901. The zero-order chi connectivity index (χ0) is 15.5. The lowest BCUT2D eigenvalue weighted by Gasteiger charge is -2.20. The third-order valence-corrected chi connectivity index (χ3v) is 4.34. The summed E-state index contributed by atoms with van der Waals surface area (Å²) in [5.74, 6) is -0.860. The molecule has 2 nitrogen and oxygen atoms in total. The number of aryl methyl sites for hydroxylation is 2. The van der Waals surface area contributed by atoms with Gasteiger partial charge in [-0.3, -0.25) is 4.79 Å². The smallest absolute Gasteiger partial charge is 0.254 e. The number of carbonyl (C=O) groups excluding carboxylic acids is 1. The number of nitrogens with one attached hydrogen (secondary N) is 1. The van der Waals surface area contributed by atoms with Gasteiger partial charge in [-0.2, -0.15) is 0 Å². The molecule has 0 fully saturated rings. The highest BCUT2D eigenvalue weighted by atomic mass is 19.1. The molecular weight excluding hydrogens is 277 g/mol. The first-order valence-electron chi connectivity index (χ1n) is 7.82. The van der Waals surface area contributed by atoms with Crippen molar-refractivity contribution in [2.24, 2.45) is 0 Å². The van der Waals surface area contributed by atoms with E-state index in [2.05, 4.69) is 23.5 Å². The summed E-state index contributed by atoms with van der Waals surface area (Å²) in [7, 11) is 0. The maximum absolute atomic E-state index is 13.7. The monoisotopic (exact) mass is 297 g/mol. The van der Waals surface area contributed by atoms with Gasteiger partial charge in [0.15, 0.2) is 0 Å². The van der Waals surface area contributed by atoms with E-state index in [0.29, 0.717) is 0 Å². The number of hydrogen-bond acceptors (Lipinski definition) is 1. The largest absolute Gasteiger partial charge is 0.345 e. The molecule has 0 unspecified atom stereocenters. The van der Waals surface area contributed by atoms with E-state index in [1.54, 1.807) is 12.1 Å². The third-order valence-electron chi connectivity index (χ3n) is 4.34. The van der Waals surface area contributed by atoms with Crippen LogP contribution in [0.3, 0.4) is 0 Å². The van der Waals surface area contributed by atoms with Gasteiger partial charge in [-0.25, -0.2) is 4.39 Å².